The summed E-state index contributed by atoms with van der Waals surface area (Å²) in [6.07, 6.45) is 5.79. The Bertz CT molecular complexity index is 668. The number of nitrogens with zero attached hydrogens (tertiary/aromatic N) is 1. The molecule has 4 heteroatoms. The summed E-state index contributed by atoms with van der Waals surface area (Å²) < 4.78 is 9.30. The first-order chi connectivity index (χ1) is 10.8. The first-order valence-electron chi connectivity index (χ1n) is 8.41. The second-order valence-electron chi connectivity index (χ2n) is 6.85. The average molecular weight is 316 g/mol. The van der Waals surface area contributed by atoms with Crippen LogP contribution in [0.1, 0.15) is 36.8 Å². The fourth-order valence-electron chi connectivity index (χ4n) is 4.67. The molecule has 22 heavy (non-hydrogen) atoms. The van der Waals surface area contributed by atoms with Crippen molar-refractivity contribution in [3.05, 3.63) is 35.5 Å². The maximum atomic E-state index is 9.30. The molecule has 2 aliphatic rings. The van der Waals surface area contributed by atoms with Crippen LogP contribution in [-0.2, 0) is 6.42 Å². The summed E-state index contributed by atoms with van der Waals surface area (Å²) >= 11 is 1.01. The zero-order chi connectivity index (χ0) is 15.1. The van der Waals surface area contributed by atoms with Crippen LogP contribution in [-0.4, -0.2) is 39.3 Å². The van der Waals surface area contributed by atoms with Crippen LogP contribution in [0, 0.1) is 5.92 Å². The van der Waals surface area contributed by atoms with Gasteiger partial charge in [-0.3, -0.25) is 4.90 Å². The van der Waals surface area contributed by atoms with Gasteiger partial charge in [-0.25, -0.2) is 0 Å². The van der Waals surface area contributed by atoms with E-state index in [4.69, 9.17) is 0 Å². The van der Waals surface area contributed by atoms with Crippen molar-refractivity contribution in [2.24, 2.45) is 5.92 Å². The Morgan fingerprint density at radius 2 is 2.32 bits per heavy atom. The van der Waals surface area contributed by atoms with E-state index in [1.165, 1.54) is 47.8 Å². The molecular formula is C18H24N2OS. The Balaban J connectivity index is 1.75. The van der Waals surface area contributed by atoms with Crippen molar-refractivity contribution in [3.8, 4) is 0 Å². The summed E-state index contributed by atoms with van der Waals surface area (Å²) in [6.45, 7) is 4.58. The first kappa shape index (κ1) is 14.6. The van der Waals surface area contributed by atoms with Gasteiger partial charge in [-0.1, -0.05) is 19.1 Å². The van der Waals surface area contributed by atoms with Gasteiger partial charge in [-0.05, 0) is 61.0 Å². The molecule has 4 rings (SSSR count). The van der Waals surface area contributed by atoms with Crippen molar-refractivity contribution in [2.45, 2.75) is 38.1 Å². The second kappa shape index (κ2) is 5.91. The summed E-state index contributed by atoms with van der Waals surface area (Å²) in [5, 5.41) is 1.47. The van der Waals surface area contributed by atoms with Crippen molar-refractivity contribution in [3.63, 3.8) is 0 Å². The van der Waals surface area contributed by atoms with Crippen LogP contribution in [0.3, 0.4) is 0 Å². The highest BCUT2D eigenvalue weighted by Gasteiger charge is 2.40. The smallest absolute Gasteiger partial charge is 0.0459 e. The van der Waals surface area contributed by atoms with Crippen LogP contribution in [0.15, 0.2) is 24.4 Å². The number of H-pyrrole nitrogens is 1. The molecule has 1 aromatic heterocycles. The van der Waals surface area contributed by atoms with Crippen molar-refractivity contribution >= 4 is 22.9 Å². The zero-order valence-electron chi connectivity index (χ0n) is 13.1. The lowest BCUT2D eigenvalue weighted by molar-refractivity contribution is 0.0923. The van der Waals surface area contributed by atoms with E-state index in [9.17, 15) is 4.55 Å². The minimum absolute atomic E-state index is 0.596. The van der Waals surface area contributed by atoms with E-state index in [1.807, 2.05) is 0 Å². The maximum absolute atomic E-state index is 9.30. The van der Waals surface area contributed by atoms with Gasteiger partial charge in [0.25, 0.3) is 0 Å². The Hall–Kier alpha value is -0.970. The second-order valence-corrected chi connectivity index (χ2v) is 7.45. The highest BCUT2D eigenvalue weighted by molar-refractivity contribution is 7.93. The monoisotopic (exact) mass is 316 g/mol. The molecule has 1 aliphatic heterocycles. The van der Waals surface area contributed by atoms with Gasteiger partial charge in [-0.2, -0.15) is 0 Å². The van der Waals surface area contributed by atoms with E-state index in [0.29, 0.717) is 17.9 Å². The van der Waals surface area contributed by atoms with Crippen molar-refractivity contribution in [1.82, 2.24) is 9.88 Å². The Kier molecular flexibility index (Phi) is 3.93. The van der Waals surface area contributed by atoms with Crippen molar-refractivity contribution < 1.29 is 4.55 Å². The number of fused-ring (bicyclic) bond motifs is 2. The Morgan fingerprint density at radius 1 is 1.41 bits per heavy atom. The minimum Gasteiger partial charge on any atom is -0.361 e. The number of aromatic nitrogens is 1. The van der Waals surface area contributed by atoms with E-state index >= 15 is 0 Å². The average Bonchev–Trinajstić information content (AvgIpc) is 2.94. The molecule has 0 bridgehead atoms. The molecule has 1 unspecified atom stereocenters. The lowest BCUT2D eigenvalue weighted by Gasteiger charge is -2.47. The summed E-state index contributed by atoms with van der Waals surface area (Å²) in [6, 6.07) is 7.34. The summed E-state index contributed by atoms with van der Waals surface area (Å²) in [5.41, 5.74) is 4.30. The van der Waals surface area contributed by atoms with Crippen LogP contribution in [0.25, 0.3) is 10.9 Å². The molecule has 0 amide bonds. The third-order valence-corrected chi connectivity index (χ3v) is 6.10. The number of piperidine rings is 1. The van der Waals surface area contributed by atoms with Crippen LogP contribution in [0.2, 0.25) is 0 Å². The van der Waals surface area contributed by atoms with Crippen molar-refractivity contribution in [1.29, 1.82) is 0 Å². The van der Waals surface area contributed by atoms with Gasteiger partial charge in [0, 0.05) is 41.4 Å². The number of likely N-dealkylation sites (tertiary alicyclic amines) is 1. The topological polar surface area (TPSA) is 39.3 Å². The number of benzene rings is 1. The lowest BCUT2D eigenvalue weighted by atomic mass is 9.72. The van der Waals surface area contributed by atoms with Gasteiger partial charge >= 0.3 is 0 Å². The molecule has 3 atom stereocenters. The van der Waals surface area contributed by atoms with Crippen molar-refractivity contribution in [2.75, 3.05) is 18.8 Å². The van der Waals surface area contributed by atoms with E-state index in [-0.39, 0.29) is 0 Å². The normalized spacial score (nSPS) is 28.0. The number of hydrogen-bond acceptors (Lipinski definition) is 3. The molecule has 1 aromatic carbocycles. The largest absolute Gasteiger partial charge is 0.361 e. The van der Waals surface area contributed by atoms with Gasteiger partial charge in [0.1, 0.15) is 0 Å². The highest BCUT2D eigenvalue weighted by Crippen LogP contribution is 2.45. The molecule has 2 heterocycles. The minimum atomic E-state index is 0.596. The number of nitrogens with one attached hydrogen (secondary N) is 1. The molecule has 0 saturated carbocycles. The third-order valence-electron chi connectivity index (χ3n) is 5.48. The van der Waals surface area contributed by atoms with Crippen LogP contribution in [0.5, 0.6) is 0 Å². The van der Waals surface area contributed by atoms with Gasteiger partial charge in [0.05, 0.1) is 0 Å². The summed E-state index contributed by atoms with van der Waals surface area (Å²) in [4.78, 5) is 6.13. The highest BCUT2D eigenvalue weighted by atomic mass is 32.2. The van der Waals surface area contributed by atoms with E-state index in [1.54, 1.807) is 0 Å². The van der Waals surface area contributed by atoms with Crippen LogP contribution in [0.4, 0.5) is 0 Å². The Labute approximate surface area is 136 Å². The van der Waals surface area contributed by atoms with Gasteiger partial charge in [0.2, 0.25) is 0 Å². The number of aromatic amines is 1. The van der Waals surface area contributed by atoms with Gasteiger partial charge in [0.15, 0.2) is 0 Å². The fraction of sp³-hybridized carbons (Fsp3) is 0.556. The molecule has 2 aromatic rings. The quantitative estimate of drug-likeness (QED) is 0.834. The molecule has 2 N–H and O–H groups in total. The van der Waals surface area contributed by atoms with E-state index < -0.39 is 0 Å². The molecule has 1 fully saturated rings. The molecule has 1 saturated heterocycles. The maximum Gasteiger partial charge on any atom is 0.0459 e. The van der Waals surface area contributed by atoms with Crippen LogP contribution < -0.4 is 0 Å². The van der Waals surface area contributed by atoms with E-state index in [0.717, 1.165) is 24.3 Å². The fourth-order valence-corrected chi connectivity index (χ4v) is 5.12. The predicted molar refractivity (Wildman–Crippen MR) is 93.6 cm³/mol. The van der Waals surface area contributed by atoms with Gasteiger partial charge < -0.3 is 9.54 Å². The first-order valence-corrected chi connectivity index (χ1v) is 9.35. The standard InChI is InChI=1S/C18H24N2OS/c1-2-6-20-10-12(11-22-21)7-15-14-4-3-5-16-18(14)13(9-19-16)8-17(15)20/h3-5,9,12,15,17,19,21H,2,6-8,10-11H2,1H3/t12?,15-,17-/m0/s1. The predicted octanol–water partition coefficient (Wildman–Crippen LogP) is 4.11. The molecular weight excluding hydrogens is 292 g/mol. The molecule has 0 radical (unpaired) electrons. The third kappa shape index (κ3) is 2.29. The summed E-state index contributed by atoms with van der Waals surface area (Å²) in [7, 11) is 0. The van der Waals surface area contributed by atoms with E-state index in [2.05, 4.69) is 41.2 Å². The van der Waals surface area contributed by atoms with Gasteiger partial charge in [-0.15, -0.1) is 0 Å². The van der Waals surface area contributed by atoms with Crippen LogP contribution >= 0.6 is 12.0 Å². The SMILES string of the molecule is CCCN1CC(CSO)C[C@H]2c3cccc4[nH]cc(c34)C[C@@H]21. The summed E-state index contributed by atoms with van der Waals surface area (Å²) in [5.74, 6) is 2.07. The molecule has 0 spiro atoms. The Morgan fingerprint density at radius 3 is 3.14 bits per heavy atom. The molecule has 3 nitrogen and oxygen atoms in total. The zero-order valence-corrected chi connectivity index (χ0v) is 13.9. The number of rotatable bonds is 4. The number of hydrogen-bond donors (Lipinski definition) is 2. The molecule has 118 valence electrons. The lowest BCUT2D eigenvalue weighted by Crippen LogP contribution is -2.50. The molecule has 1 aliphatic carbocycles.